The van der Waals surface area contributed by atoms with Crippen molar-refractivity contribution in [2.45, 2.75) is 64.4 Å². The number of ether oxygens (including phenoxy) is 1. The number of aromatic nitrogens is 1. The Morgan fingerprint density at radius 3 is 2.88 bits per heavy atom. The zero-order valence-corrected chi connectivity index (χ0v) is 16.0. The molecule has 0 spiro atoms. The molecular weight excluding hydrogens is 324 g/mol. The molecule has 2 aromatic rings. The lowest BCUT2D eigenvalue weighted by Crippen LogP contribution is -2.45. The van der Waals surface area contributed by atoms with Crippen LogP contribution < -0.4 is 5.32 Å². The number of aryl methyl sites for hydroxylation is 1. The van der Waals surface area contributed by atoms with Crippen molar-refractivity contribution in [2.75, 3.05) is 13.2 Å². The second kappa shape index (κ2) is 7.07. The maximum atomic E-state index is 12.6. The van der Waals surface area contributed by atoms with E-state index in [0.29, 0.717) is 13.2 Å². The van der Waals surface area contributed by atoms with E-state index in [1.54, 1.807) is 0 Å². The number of rotatable bonds is 4. The van der Waals surface area contributed by atoms with Crippen molar-refractivity contribution in [1.82, 2.24) is 10.3 Å². The summed E-state index contributed by atoms with van der Waals surface area (Å²) in [7, 11) is 0. The Bertz CT molecular complexity index is 804. The third-order valence-electron chi connectivity index (χ3n) is 6.29. The number of hydrogen-bond acceptors (Lipinski definition) is 2. The highest BCUT2D eigenvalue weighted by molar-refractivity contribution is 5.88. The molecule has 4 rings (SSSR count). The predicted octanol–water partition coefficient (Wildman–Crippen LogP) is 4.21. The fourth-order valence-electron chi connectivity index (χ4n) is 4.69. The minimum atomic E-state index is -0.484. The van der Waals surface area contributed by atoms with Crippen LogP contribution in [-0.4, -0.2) is 24.0 Å². The second-order valence-electron chi connectivity index (χ2n) is 8.05. The number of para-hydroxylation sites is 1. The van der Waals surface area contributed by atoms with Gasteiger partial charge in [-0.05, 0) is 43.7 Å². The molecule has 1 saturated carbocycles. The normalized spacial score (nSPS) is 23.8. The van der Waals surface area contributed by atoms with E-state index in [1.165, 1.54) is 41.3 Å². The van der Waals surface area contributed by atoms with E-state index < -0.39 is 5.60 Å². The zero-order chi connectivity index (χ0) is 18.1. The monoisotopic (exact) mass is 354 g/mol. The SMILES string of the molecule is CCc1cccc2c3c([nH]c12)C(C)(CNC(=O)C1CCCCC1)OCC3. The number of hydrogen-bond donors (Lipinski definition) is 2. The summed E-state index contributed by atoms with van der Waals surface area (Å²) in [4.78, 5) is 16.2. The average molecular weight is 354 g/mol. The summed E-state index contributed by atoms with van der Waals surface area (Å²) in [5.41, 5.74) is 4.59. The van der Waals surface area contributed by atoms with Crippen molar-refractivity contribution in [3.05, 3.63) is 35.0 Å². The van der Waals surface area contributed by atoms with Crippen LogP contribution in [0.5, 0.6) is 0 Å². The van der Waals surface area contributed by atoms with Crippen LogP contribution in [0.3, 0.4) is 0 Å². The Hall–Kier alpha value is -1.81. The smallest absolute Gasteiger partial charge is 0.223 e. The zero-order valence-electron chi connectivity index (χ0n) is 16.0. The first-order valence-electron chi connectivity index (χ1n) is 10.2. The Morgan fingerprint density at radius 1 is 1.31 bits per heavy atom. The minimum Gasteiger partial charge on any atom is -0.367 e. The quantitative estimate of drug-likeness (QED) is 0.864. The van der Waals surface area contributed by atoms with Crippen LogP contribution in [0, 0.1) is 5.92 Å². The van der Waals surface area contributed by atoms with Gasteiger partial charge in [-0.2, -0.15) is 0 Å². The molecule has 26 heavy (non-hydrogen) atoms. The van der Waals surface area contributed by atoms with Gasteiger partial charge in [0.25, 0.3) is 0 Å². The van der Waals surface area contributed by atoms with Gasteiger partial charge >= 0.3 is 0 Å². The molecule has 1 aliphatic heterocycles. The standard InChI is InChI=1S/C22H30N2O2/c1-3-15-10-7-11-17-18-12-13-26-22(2,20(18)24-19(15)17)14-23-21(25)16-8-5-4-6-9-16/h7,10-11,16,24H,3-6,8-9,12-14H2,1-2H3,(H,23,25). The predicted molar refractivity (Wildman–Crippen MR) is 104 cm³/mol. The van der Waals surface area contributed by atoms with Gasteiger partial charge in [-0.15, -0.1) is 0 Å². The number of H-pyrrole nitrogens is 1. The molecule has 2 aliphatic rings. The fourth-order valence-corrected chi connectivity index (χ4v) is 4.69. The highest BCUT2D eigenvalue weighted by Gasteiger charge is 2.37. The molecule has 4 heteroatoms. The second-order valence-corrected chi connectivity index (χ2v) is 8.05. The summed E-state index contributed by atoms with van der Waals surface area (Å²) in [6.07, 6.45) is 7.61. The average Bonchev–Trinajstić information content (AvgIpc) is 3.07. The highest BCUT2D eigenvalue weighted by Crippen LogP contribution is 2.37. The fraction of sp³-hybridized carbons (Fsp3) is 0.591. The topological polar surface area (TPSA) is 54.1 Å². The van der Waals surface area contributed by atoms with Gasteiger partial charge in [0.05, 0.1) is 18.8 Å². The summed E-state index contributed by atoms with van der Waals surface area (Å²) in [5, 5.41) is 4.50. The van der Waals surface area contributed by atoms with Crippen molar-refractivity contribution < 1.29 is 9.53 Å². The molecule has 0 saturated heterocycles. The number of aromatic amines is 1. The number of nitrogens with one attached hydrogen (secondary N) is 2. The molecule has 1 unspecified atom stereocenters. The first-order valence-corrected chi connectivity index (χ1v) is 10.2. The maximum Gasteiger partial charge on any atom is 0.223 e. The van der Waals surface area contributed by atoms with E-state index in [4.69, 9.17) is 4.74 Å². The molecule has 140 valence electrons. The van der Waals surface area contributed by atoms with Crippen molar-refractivity contribution >= 4 is 16.8 Å². The molecule has 1 aromatic heterocycles. The summed E-state index contributed by atoms with van der Waals surface area (Å²) in [5.74, 6) is 0.386. The van der Waals surface area contributed by atoms with E-state index >= 15 is 0 Å². The molecule has 2 N–H and O–H groups in total. The van der Waals surface area contributed by atoms with E-state index in [2.05, 4.69) is 42.3 Å². The molecule has 1 atom stereocenters. The minimum absolute atomic E-state index is 0.185. The lowest BCUT2D eigenvalue weighted by atomic mass is 9.88. The third kappa shape index (κ3) is 3.05. The molecule has 4 nitrogen and oxygen atoms in total. The molecule has 1 aliphatic carbocycles. The van der Waals surface area contributed by atoms with Crippen LogP contribution in [0.1, 0.15) is 62.8 Å². The Balaban J connectivity index is 1.59. The molecular formula is C22H30N2O2. The molecule has 1 aromatic carbocycles. The van der Waals surface area contributed by atoms with Gasteiger partial charge in [0.2, 0.25) is 5.91 Å². The number of amides is 1. The number of fused-ring (bicyclic) bond motifs is 3. The van der Waals surface area contributed by atoms with Gasteiger partial charge < -0.3 is 15.0 Å². The van der Waals surface area contributed by atoms with Crippen LogP contribution >= 0.6 is 0 Å². The molecule has 1 fully saturated rings. The number of carbonyl (C=O) groups excluding carboxylic acids is 1. The number of carbonyl (C=O) groups is 1. The van der Waals surface area contributed by atoms with Crippen LogP contribution in [0.25, 0.3) is 10.9 Å². The van der Waals surface area contributed by atoms with Crippen LogP contribution in [0.15, 0.2) is 18.2 Å². The highest BCUT2D eigenvalue weighted by atomic mass is 16.5. The molecule has 0 bridgehead atoms. The van der Waals surface area contributed by atoms with Gasteiger partial charge in [0.15, 0.2) is 0 Å². The van der Waals surface area contributed by atoms with Gasteiger partial charge in [-0.1, -0.05) is 44.4 Å². The van der Waals surface area contributed by atoms with E-state index in [1.807, 2.05) is 0 Å². The third-order valence-corrected chi connectivity index (χ3v) is 6.29. The van der Waals surface area contributed by atoms with Gasteiger partial charge in [0, 0.05) is 16.8 Å². The summed E-state index contributed by atoms with van der Waals surface area (Å²) >= 11 is 0. The van der Waals surface area contributed by atoms with Crippen LogP contribution in [0.4, 0.5) is 0 Å². The maximum absolute atomic E-state index is 12.6. The molecule has 2 heterocycles. The first kappa shape index (κ1) is 17.6. The summed E-state index contributed by atoms with van der Waals surface area (Å²) in [6.45, 7) is 5.53. The van der Waals surface area contributed by atoms with E-state index in [-0.39, 0.29) is 11.8 Å². The Labute approximate surface area is 155 Å². The lowest BCUT2D eigenvalue weighted by Gasteiger charge is -2.35. The van der Waals surface area contributed by atoms with Crippen molar-refractivity contribution in [3.8, 4) is 0 Å². The van der Waals surface area contributed by atoms with Crippen LogP contribution in [0.2, 0.25) is 0 Å². The van der Waals surface area contributed by atoms with Gasteiger partial charge in [0.1, 0.15) is 5.60 Å². The largest absolute Gasteiger partial charge is 0.367 e. The number of benzene rings is 1. The van der Waals surface area contributed by atoms with E-state index in [0.717, 1.165) is 31.4 Å². The summed E-state index contributed by atoms with van der Waals surface area (Å²) in [6, 6.07) is 6.54. The lowest BCUT2D eigenvalue weighted by molar-refractivity contribution is -0.128. The van der Waals surface area contributed by atoms with Gasteiger partial charge in [-0.3, -0.25) is 4.79 Å². The Morgan fingerprint density at radius 2 is 2.12 bits per heavy atom. The first-order chi connectivity index (χ1) is 12.6. The van der Waals surface area contributed by atoms with Crippen molar-refractivity contribution in [2.24, 2.45) is 5.92 Å². The molecule has 1 amide bonds. The van der Waals surface area contributed by atoms with E-state index in [9.17, 15) is 4.79 Å². The van der Waals surface area contributed by atoms with Crippen molar-refractivity contribution in [1.29, 1.82) is 0 Å². The molecule has 0 radical (unpaired) electrons. The van der Waals surface area contributed by atoms with Crippen molar-refractivity contribution in [3.63, 3.8) is 0 Å². The van der Waals surface area contributed by atoms with Gasteiger partial charge in [-0.25, -0.2) is 0 Å². The Kier molecular flexibility index (Phi) is 4.78. The summed E-state index contributed by atoms with van der Waals surface area (Å²) < 4.78 is 6.19. The van der Waals surface area contributed by atoms with Crippen LogP contribution in [-0.2, 0) is 28.0 Å².